The standard InChI is InChI=1S/C25H22ClN3O4/c1-31-20-11-3-16(4-12-20)5-14-23(30)27-19-9-6-17(7-10-19)24-28-25(33-29-24)21-15-18(26)8-13-22(21)32-2/h3-4,6-13,15H,5,14H2,1-2H3,(H,27,30). The van der Waals surface area contributed by atoms with Crippen molar-refractivity contribution in [3.05, 3.63) is 77.3 Å². The number of anilines is 1. The van der Waals surface area contributed by atoms with Crippen LogP contribution in [0.5, 0.6) is 11.5 Å². The van der Waals surface area contributed by atoms with Crippen molar-refractivity contribution in [1.29, 1.82) is 0 Å². The molecule has 1 aromatic heterocycles. The second kappa shape index (κ2) is 10.2. The molecule has 0 fully saturated rings. The Morgan fingerprint density at radius 2 is 1.76 bits per heavy atom. The lowest BCUT2D eigenvalue weighted by Crippen LogP contribution is -2.12. The molecule has 4 rings (SSSR count). The lowest BCUT2D eigenvalue weighted by Gasteiger charge is -2.06. The first kappa shape index (κ1) is 22.4. The van der Waals surface area contributed by atoms with E-state index in [9.17, 15) is 4.79 Å². The third kappa shape index (κ3) is 5.51. The van der Waals surface area contributed by atoms with E-state index in [4.69, 9.17) is 25.6 Å². The molecule has 8 heteroatoms. The zero-order valence-corrected chi connectivity index (χ0v) is 18.9. The van der Waals surface area contributed by atoms with Gasteiger partial charge in [-0.25, -0.2) is 0 Å². The number of aromatic nitrogens is 2. The second-order valence-electron chi connectivity index (χ2n) is 7.24. The summed E-state index contributed by atoms with van der Waals surface area (Å²) in [5.41, 5.74) is 3.14. The second-order valence-corrected chi connectivity index (χ2v) is 7.68. The minimum absolute atomic E-state index is 0.0616. The summed E-state index contributed by atoms with van der Waals surface area (Å²) in [6, 6.07) is 20.1. The molecule has 0 aliphatic heterocycles. The van der Waals surface area contributed by atoms with Gasteiger partial charge in [-0.15, -0.1) is 0 Å². The highest BCUT2D eigenvalue weighted by atomic mass is 35.5. The Balaban J connectivity index is 1.38. The fourth-order valence-electron chi connectivity index (χ4n) is 3.27. The smallest absolute Gasteiger partial charge is 0.262 e. The zero-order valence-electron chi connectivity index (χ0n) is 18.2. The Morgan fingerprint density at radius 3 is 2.45 bits per heavy atom. The van der Waals surface area contributed by atoms with Crippen LogP contribution in [-0.4, -0.2) is 30.3 Å². The summed E-state index contributed by atoms with van der Waals surface area (Å²) in [7, 11) is 3.19. The number of amides is 1. The number of carbonyl (C=O) groups excluding carboxylic acids is 1. The number of benzene rings is 3. The molecule has 1 heterocycles. The number of rotatable bonds is 8. The highest BCUT2D eigenvalue weighted by Crippen LogP contribution is 2.32. The van der Waals surface area contributed by atoms with Gasteiger partial charge in [0.05, 0.1) is 19.8 Å². The van der Waals surface area contributed by atoms with Crippen LogP contribution < -0.4 is 14.8 Å². The van der Waals surface area contributed by atoms with Crippen LogP contribution in [0.15, 0.2) is 71.3 Å². The van der Waals surface area contributed by atoms with Gasteiger partial charge in [0, 0.05) is 22.7 Å². The van der Waals surface area contributed by atoms with Gasteiger partial charge in [0.25, 0.3) is 5.89 Å². The van der Waals surface area contributed by atoms with Gasteiger partial charge in [0.15, 0.2) is 0 Å². The summed E-state index contributed by atoms with van der Waals surface area (Å²) in [6.07, 6.45) is 1.02. The fourth-order valence-corrected chi connectivity index (χ4v) is 3.45. The molecule has 33 heavy (non-hydrogen) atoms. The molecular weight excluding hydrogens is 442 g/mol. The number of ether oxygens (including phenoxy) is 2. The van der Waals surface area contributed by atoms with Gasteiger partial charge < -0.3 is 19.3 Å². The quantitative estimate of drug-likeness (QED) is 0.363. The predicted molar refractivity (Wildman–Crippen MR) is 127 cm³/mol. The maximum atomic E-state index is 12.3. The van der Waals surface area contributed by atoms with Crippen molar-refractivity contribution in [3.63, 3.8) is 0 Å². The van der Waals surface area contributed by atoms with Gasteiger partial charge in [-0.2, -0.15) is 4.98 Å². The number of methoxy groups -OCH3 is 2. The summed E-state index contributed by atoms with van der Waals surface area (Å²) in [4.78, 5) is 16.8. The van der Waals surface area contributed by atoms with Crippen LogP contribution in [0, 0.1) is 0 Å². The molecule has 0 atom stereocenters. The van der Waals surface area contributed by atoms with Crippen LogP contribution in [0.4, 0.5) is 5.69 Å². The summed E-state index contributed by atoms with van der Waals surface area (Å²) in [5.74, 6) is 2.05. The Hall–Kier alpha value is -3.84. The molecule has 0 unspecified atom stereocenters. The summed E-state index contributed by atoms with van der Waals surface area (Å²) in [5, 5.41) is 7.50. The number of hydrogen-bond donors (Lipinski definition) is 1. The van der Waals surface area contributed by atoms with Crippen LogP contribution in [0.2, 0.25) is 5.02 Å². The maximum absolute atomic E-state index is 12.3. The minimum Gasteiger partial charge on any atom is -0.497 e. The number of halogens is 1. The van der Waals surface area contributed by atoms with E-state index in [0.717, 1.165) is 16.9 Å². The number of aryl methyl sites for hydroxylation is 1. The first-order valence-corrected chi connectivity index (χ1v) is 10.6. The highest BCUT2D eigenvalue weighted by Gasteiger charge is 2.15. The molecule has 1 N–H and O–H groups in total. The molecule has 4 aromatic rings. The molecule has 0 aliphatic rings. The molecular formula is C25H22ClN3O4. The Labute approximate surface area is 196 Å². The SMILES string of the molecule is COc1ccc(CCC(=O)Nc2ccc(-c3noc(-c4cc(Cl)ccc4OC)n3)cc2)cc1. The number of nitrogens with one attached hydrogen (secondary N) is 1. The topological polar surface area (TPSA) is 86.5 Å². The molecule has 0 saturated heterocycles. The van der Waals surface area contributed by atoms with E-state index in [2.05, 4.69) is 15.5 Å². The minimum atomic E-state index is -0.0616. The van der Waals surface area contributed by atoms with Gasteiger partial charge in [0.1, 0.15) is 11.5 Å². The first-order chi connectivity index (χ1) is 16.1. The van der Waals surface area contributed by atoms with Crippen LogP contribution in [-0.2, 0) is 11.2 Å². The third-order valence-corrected chi connectivity index (χ3v) is 5.28. The molecule has 0 radical (unpaired) electrons. The van der Waals surface area contributed by atoms with Crippen molar-refractivity contribution in [2.24, 2.45) is 0 Å². The molecule has 0 bridgehead atoms. The van der Waals surface area contributed by atoms with E-state index in [1.54, 1.807) is 44.6 Å². The largest absolute Gasteiger partial charge is 0.497 e. The summed E-state index contributed by atoms with van der Waals surface area (Å²) in [6.45, 7) is 0. The van der Waals surface area contributed by atoms with Crippen molar-refractivity contribution in [2.45, 2.75) is 12.8 Å². The van der Waals surface area contributed by atoms with Crippen molar-refractivity contribution < 1.29 is 18.8 Å². The van der Waals surface area contributed by atoms with E-state index < -0.39 is 0 Å². The van der Waals surface area contributed by atoms with Gasteiger partial charge >= 0.3 is 0 Å². The van der Waals surface area contributed by atoms with Crippen molar-refractivity contribution in [3.8, 4) is 34.3 Å². The predicted octanol–water partition coefficient (Wildman–Crippen LogP) is 5.65. The molecule has 0 aliphatic carbocycles. The molecule has 7 nitrogen and oxygen atoms in total. The van der Waals surface area contributed by atoms with Gasteiger partial charge in [0.2, 0.25) is 11.7 Å². The van der Waals surface area contributed by atoms with Crippen molar-refractivity contribution in [2.75, 3.05) is 19.5 Å². The van der Waals surface area contributed by atoms with Crippen molar-refractivity contribution >= 4 is 23.2 Å². The highest BCUT2D eigenvalue weighted by molar-refractivity contribution is 6.30. The number of hydrogen-bond acceptors (Lipinski definition) is 6. The molecule has 1 amide bonds. The van der Waals surface area contributed by atoms with Gasteiger partial charge in [-0.3, -0.25) is 4.79 Å². The van der Waals surface area contributed by atoms with Crippen LogP contribution >= 0.6 is 11.6 Å². The Kier molecular flexibility index (Phi) is 6.90. The van der Waals surface area contributed by atoms with E-state index in [-0.39, 0.29) is 5.91 Å². The fraction of sp³-hybridized carbons (Fsp3) is 0.160. The van der Waals surface area contributed by atoms with Gasteiger partial charge in [-0.1, -0.05) is 28.9 Å². The molecule has 0 spiro atoms. The lowest BCUT2D eigenvalue weighted by molar-refractivity contribution is -0.116. The molecule has 168 valence electrons. The number of nitrogens with zero attached hydrogens (tertiary/aromatic N) is 2. The van der Waals surface area contributed by atoms with E-state index in [0.29, 0.717) is 46.6 Å². The summed E-state index contributed by atoms with van der Waals surface area (Å²) < 4.78 is 15.9. The average molecular weight is 464 g/mol. The third-order valence-electron chi connectivity index (χ3n) is 5.04. The normalized spacial score (nSPS) is 10.6. The first-order valence-electron chi connectivity index (χ1n) is 10.3. The Morgan fingerprint density at radius 1 is 1.00 bits per heavy atom. The van der Waals surface area contributed by atoms with E-state index in [1.165, 1.54) is 0 Å². The van der Waals surface area contributed by atoms with Crippen molar-refractivity contribution in [1.82, 2.24) is 10.1 Å². The maximum Gasteiger partial charge on any atom is 0.262 e. The summed E-state index contributed by atoms with van der Waals surface area (Å²) >= 11 is 6.09. The van der Waals surface area contributed by atoms with Crippen LogP contribution in [0.25, 0.3) is 22.8 Å². The zero-order chi connectivity index (χ0) is 23.2. The van der Waals surface area contributed by atoms with Crippen LogP contribution in [0.1, 0.15) is 12.0 Å². The number of carbonyl (C=O) groups is 1. The molecule has 0 saturated carbocycles. The Bertz CT molecular complexity index is 1240. The van der Waals surface area contributed by atoms with Crippen LogP contribution in [0.3, 0.4) is 0 Å². The van der Waals surface area contributed by atoms with E-state index >= 15 is 0 Å². The van der Waals surface area contributed by atoms with Gasteiger partial charge in [-0.05, 0) is 66.6 Å². The van der Waals surface area contributed by atoms with E-state index in [1.807, 2.05) is 36.4 Å². The monoisotopic (exact) mass is 463 g/mol. The molecule has 3 aromatic carbocycles. The average Bonchev–Trinajstić information content (AvgIpc) is 3.34. The lowest BCUT2D eigenvalue weighted by atomic mass is 10.1.